The van der Waals surface area contributed by atoms with Crippen LogP contribution in [0.3, 0.4) is 0 Å². The van der Waals surface area contributed by atoms with E-state index in [1.165, 1.54) is 31.0 Å². The molecule has 0 aliphatic heterocycles. The summed E-state index contributed by atoms with van der Waals surface area (Å²) in [6.07, 6.45) is 9.70. The number of hydrogen-bond donors (Lipinski definition) is 0. The third-order valence-corrected chi connectivity index (χ3v) is 3.83. The first kappa shape index (κ1) is 15.6. The molecule has 0 aromatic heterocycles. The van der Waals surface area contributed by atoms with Gasteiger partial charge in [-0.2, -0.15) is 23.8 Å². The Hall–Kier alpha value is -1.33. The van der Waals surface area contributed by atoms with Crippen LogP contribution in [0.5, 0.6) is 0 Å². The van der Waals surface area contributed by atoms with Crippen LogP contribution in [0.2, 0.25) is 0 Å². The molecule has 0 N–H and O–H groups in total. The van der Waals surface area contributed by atoms with Gasteiger partial charge in [-0.25, -0.2) is 0 Å². The van der Waals surface area contributed by atoms with Crippen molar-refractivity contribution in [2.45, 2.75) is 26.2 Å². The third kappa shape index (κ3) is 3.36. The summed E-state index contributed by atoms with van der Waals surface area (Å²) < 4.78 is 1.51. The molecule has 0 nitrogen and oxygen atoms in total. The summed E-state index contributed by atoms with van der Waals surface area (Å²) >= 11 is 1.55. The molecule has 4 rings (SSSR count). The van der Waals surface area contributed by atoms with Crippen molar-refractivity contribution < 1.29 is 24.2 Å². The fraction of sp³-hybridized carbons (Fsp3) is 0.190. The summed E-state index contributed by atoms with van der Waals surface area (Å²) in [5, 5.41) is 0. The molecule has 0 saturated carbocycles. The van der Waals surface area contributed by atoms with Gasteiger partial charge >= 0.3 is 41.3 Å². The van der Waals surface area contributed by atoms with E-state index >= 15 is 0 Å². The minimum atomic E-state index is 0.416. The molecule has 0 heterocycles. The van der Waals surface area contributed by atoms with Gasteiger partial charge in [0.25, 0.3) is 0 Å². The largest absolute Gasteiger partial charge is 0.175 e. The minimum absolute atomic E-state index is 0.416. The Bertz CT molecular complexity index is 749. The van der Waals surface area contributed by atoms with Crippen molar-refractivity contribution in [3.05, 3.63) is 83.5 Å². The van der Waals surface area contributed by atoms with Gasteiger partial charge in [0.05, 0.1) is 0 Å². The van der Waals surface area contributed by atoms with Gasteiger partial charge in [0.1, 0.15) is 0 Å². The molecule has 0 spiro atoms. The number of rotatable bonds is 1. The van der Waals surface area contributed by atoms with Crippen LogP contribution >= 0.6 is 0 Å². The van der Waals surface area contributed by atoms with E-state index in [1.54, 1.807) is 24.2 Å². The van der Waals surface area contributed by atoms with Gasteiger partial charge in [-0.15, -0.1) is 11.1 Å². The first-order valence-corrected chi connectivity index (χ1v) is 8.88. The standard InChI is InChI=1S/C18H13.C3H6.Zr/c1-2-6-13(5-1)14-9-10-18-16(11-14)12-15-7-3-4-8-17(15)18;1-3-2;/h1-10,13H,12H2;1-2H3;/q-1;;. The predicted octanol–water partition coefficient (Wildman–Crippen LogP) is 5.01. The van der Waals surface area contributed by atoms with Crippen LogP contribution in [-0.2, 0) is 30.7 Å². The molecule has 108 valence electrons. The quantitative estimate of drug-likeness (QED) is 0.534. The van der Waals surface area contributed by atoms with E-state index in [1.807, 2.05) is 0 Å². The summed E-state index contributed by atoms with van der Waals surface area (Å²) in [6, 6.07) is 16.7. The van der Waals surface area contributed by atoms with Gasteiger partial charge in [-0.05, 0) is 12.3 Å². The topological polar surface area (TPSA) is 0 Å². The van der Waals surface area contributed by atoms with Crippen LogP contribution < -0.4 is 0 Å². The van der Waals surface area contributed by atoms with Crippen molar-refractivity contribution >= 4 is 3.21 Å². The van der Waals surface area contributed by atoms with Crippen molar-refractivity contribution in [1.29, 1.82) is 0 Å². The SMILES string of the molecule is C[C](C)=[Zr].[c-]1c(C2C=CC=C2)ccc2c1Cc1ccccc1-2. The Balaban J connectivity index is 0.000000325. The molecule has 2 aromatic carbocycles. The Morgan fingerprint density at radius 1 is 1.00 bits per heavy atom. The van der Waals surface area contributed by atoms with E-state index in [2.05, 4.69) is 80.6 Å². The van der Waals surface area contributed by atoms with Crippen LogP contribution in [0.1, 0.15) is 36.5 Å². The number of benzene rings is 2. The molecule has 2 aromatic rings. The molecule has 2 aliphatic carbocycles. The van der Waals surface area contributed by atoms with Crippen LogP contribution in [-0.4, -0.2) is 3.21 Å². The maximum absolute atomic E-state index is 3.61. The second-order valence-corrected chi connectivity index (χ2v) is 8.39. The van der Waals surface area contributed by atoms with Crippen LogP contribution in [0, 0.1) is 6.07 Å². The Morgan fingerprint density at radius 3 is 2.41 bits per heavy atom. The summed E-state index contributed by atoms with van der Waals surface area (Å²) in [4.78, 5) is 0. The van der Waals surface area contributed by atoms with Crippen LogP contribution in [0.25, 0.3) is 11.1 Å². The second kappa shape index (κ2) is 6.84. The summed E-state index contributed by atoms with van der Waals surface area (Å²) in [5.41, 5.74) is 6.81. The molecule has 2 aliphatic rings. The molecule has 22 heavy (non-hydrogen) atoms. The van der Waals surface area contributed by atoms with E-state index in [0.29, 0.717) is 5.92 Å². The van der Waals surface area contributed by atoms with Gasteiger partial charge in [-0.3, -0.25) is 0 Å². The first-order valence-electron chi connectivity index (χ1n) is 7.65. The van der Waals surface area contributed by atoms with Gasteiger partial charge < -0.3 is 0 Å². The van der Waals surface area contributed by atoms with Crippen molar-refractivity contribution in [3.8, 4) is 11.1 Å². The zero-order valence-corrected chi connectivity index (χ0v) is 15.5. The Kier molecular flexibility index (Phi) is 4.84. The van der Waals surface area contributed by atoms with Crippen molar-refractivity contribution in [1.82, 2.24) is 0 Å². The molecule has 0 radical (unpaired) electrons. The zero-order valence-electron chi connectivity index (χ0n) is 13.1. The van der Waals surface area contributed by atoms with E-state index < -0.39 is 0 Å². The number of hydrogen-bond acceptors (Lipinski definition) is 0. The van der Waals surface area contributed by atoms with Crippen molar-refractivity contribution in [2.24, 2.45) is 0 Å². The third-order valence-electron chi connectivity index (χ3n) is 3.83. The number of fused-ring (bicyclic) bond motifs is 3. The van der Waals surface area contributed by atoms with E-state index in [-0.39, 0.29) is 0 Å². The monoisotopic (exact) mass is 361 g/mol. The fourth-order valence-corrected chi connectivity index (χ4v) is 2.91. The summed E-state index contributed by atoms with van der Waals surface area (Å²) in [5.74, 6) is 0.416. The first-order chi connectivity index (χ1) is 10.6. The molecule has 0 atom stereocenters. The normalized spacial score (nSPS) is 14.2. The molecular formula is C21H19Zr-. The average Bonchev–Trinajstić information content (AvgIpc) is 3.13. The van der Waals surface area contributed by atoms with Crippen LogP contribution in [0.4, 0.5) is 0 Å². The minimum Gasteiger partial charge on any atom is -0.175 e. The zero-order chi connectivity index (χ0) is 15.5. The maximum atomic E-state index is 3.61. The summed E-state index contributed by atoms with van der Waals surface area (Å²) in [7, 11) is 0. The molecule has 0 saturated heterocycles. The second-order valence-electron chi connectivity index (χ2n) is 5.94. The molecule has 0 unspecified atom stereocenters. The van der Waals surface area contributed by atoms with Gasteiger partial charge in [-0.1, -0.05) is 59.7 Å². The summed E-state index contributed by atoms with van der Waals surface area (Å²) in [6.45, 7) is 4.25. The molecule has 1 heteroatoms. The predicted molar refractivity (Wildman–Crippen MR) is 90.9 cm³/mol. The van der Waals surface area contributed by atoms with Crippen molar-refractivity contribution in [2.75, 3.05) is 0 Å². The molecule has 0 fully saturated rings. The number of allylic oxidation sites excluding steroid dienone is 4. The van der Waals surface area contributed by atoms with Crippen LogP contribution in [0.15, 0.2) is 60.7 Å². The Labute approximate surface area is 147 Å². The van der Waals surface area contributed by atoms with Crippen molar-refractivity contribution in [3.63, 3.8) is 0 Å². The fourth-order valence-electron chi connectivity index (χ4n) is 2.91. The van der Waals surface area contributed by atoms with Gasteiger partial charge in [0.2, 0.25) is 0 Å². The molecule has 0 amide bonds. The van der Waals surface area contributed by atoms with Gasteiger partial charge in [0.15, 0.2) is 0 Å². The Morgan fingerprint density at radius 2 is 1.68 bits per heavy atom. The maximum Gasteiger partial charge on any atom is -0.00217 e. The average molecular weight is 363 g/mol. The van der Waals surface area contributed by atoms with E-state index in [4.69, 9.17) is 0 Å². The molecule has 0 bridgehead atoms. The van der Waals surface area contributed by atoms with E-state index in [9.17, 15) is 0 Å². The molecular weight excluding hydrogens is 343 g/mol. The van der Waals surface area contributed by atoms with Gasteiger partial charge in [0, 0.05) is 0 Å². The van der Waals surface area contributed by atoms with E-state index in [0.717, 1.165) is 6.42 Å². The smallest absolute Gasteiger partial charge is 0.00217 e.